The largest absolute Gasteiger partial charge is 0.379 e. The molecule has 2 N–H and O–H groups in total. The minimum atomic E-state index is 0.0136. The van der Waals surface area contributed by atoms with Crippen LogP contribution in [0.5, 0.6) is 0 Å². The van der Waals surface area contributed by atoms with Gasteiger partial charge in [-0.15, -0.1) is 0 Å². The zero-order valence-corrected chi connectivity index (χ0v) is 10.6. The molecule has 0 saturated carbocycles. The molecule has 2 saturated heterocycles. The van der Waals surface area contributed by atoms with Crippen molar-refractivity contribution >= 4 is 5.91 Å². The molecule has 2 atom stereocenters. The number of ether oxygens (including phenoxy) is 1. The second-order valence-electron chi connectivity index (χ2n) is 4.94. The molecule has 0 aromatic heterocycles. The molecule has 0 radical (unpaired) electrons. The lowest BCUT2D eigenvalue weighted by Gasteiger charge is -2.26. The first kappa shape index (κ1) is 12.8. The van der Waals surface area contributed by atoms with Crippen LogP contribution in [-0.2, 0) is 9.53 Å². The van der Waals surface area contributed by atoms with Gasteiger partial charge in [-0.2, -0.15) is 0 Å². The third-order valence-corrected chi connectivity index (χ3v) is 3.65. The molecule has 0 aromatic carbocycles. The van der Waals surface area contributed by atoms with Gasteiger partial charge in [0.1, 0.15) is 0 Å². The van der Waals surface area contributed by atoms with E-state index in [4.69, 9.17) is 4.74 Å². The van der Waals surface area contributed by atoms with E-state index in [1.165, 1.54) is 0 Å². The van der Waals surface area contributed by atoms with E-state index in [0.717, 1.165) is 52.4 Å². The molecular weight excluding hydrogens is 218 g/mol. The highest BCUT2D eigenvalue weighted by atomic mass is 16.5. The lowest BCUT2D eigenvalue weighted by molar-refractivity contribution is -0.123. The molecule has 1 amide bonds. The fourth-order valence-corrected chi connectivity index (χ4v) is 2.46. The predicted octanol–water partition coefficient (Wildman–Crippen LogP) is -0.567. The maximum atomic E-state index is 11.9. The van der Waals surface area contributed by atoms with Gasteiger partial charge in [-0.1, -0.05) is 6.92 Å². The molecule has 2 aliphatic rings. The average molecular weight is 241 g/mol. The van der Waals surface area contributed by atoms with Gasteiger partial charge in [0, 0.05) is 26.2 Å². The predicted molar refractivity (Wildman–Crippen MR) is 65.8 cm³/mol. The number of nitrogens with zero attached hydrogens (tertiary/aromatic N) is 1. The van der Waals surface area contributed by atoms with E-state index in [0.29, 0.717) is 5.92 Å². The van der Waals surface area contributed by atoms with Crippen molar-refractivity contribution in [1.82, 2.24) is 15.5 Å². The number of nitrogens with one attached hydrogen (secondary N) is 2. The van der Waals surface area contributed by atoms with Crippen LogP contribution in [0.1, 0.15) is 13.3 Å². The summed E-state index contributed by atoms with van der Waals surface area (Å²) in [6, 6.07) is 0.0136. The van der Waals surface area contributed by atoms with E-state index in [9.17, 15) is 4.79 Å². The number of rotatable bonds is 4. The Morgan fingerprint density at radius 1 is 1.47 bits per heavy atom. The zero-order chi connectivity index (χ0) is 12.1. The van der Waals surface area contributed by atoms with Crippen molar-refractivity contribution in [2.24, 2.45) is 5.92 Å². The van der Waals surface area contributed by atoms with Crippen molar-refractivity contribution in [1.29, 1.82) is 0 Å². The maximum absolute atomic E-state index is 11.9. The number of hydrogen-bond acceptors (Lipinski definition) is 4. The van der Waals surface area contributed by atoms with Crippen molar-refractivity contribution in [3.05, 3.63) is 0 Å². The van der Waals surface area contributed by atoms with Gasteiger partial charge < -0.3 is 15.4 Å². The first-order valence-electron chi connectivity index (χ1n) is 6.58. The summed E-state index contributed by atoms with van der Waals surface area (Å²) in [4.78, 5) is 14.2. The highest BCUT2D eigenvalue weighted by Gasteiger charge is 2.28. The molecule has 98 valence electrons. The summed E-state index contributed by atoms with van der Waals surface area (Å²) in [5, 5.41) is 6.27. The second-order valence-corrected chi connectivity index (χ2v) is 4.94. The Morgan fingerprint density at radius 2 is 2.24 bits per heavy atom. The van der Waals surface area contributed by atoms with E-state index in [1.807, 2.05) is 0 Å². The fraction of sp³-hybridized carbons (Fsp3) is 0.917. The summed E-state index contributed by atoms with van der Waals surface area (Å²) in [5.41, 5.74) is 0. The van der Waals surface area contributed by atoms with Crippen LogP contribution in [-0.4, -0.2) is 62.8 Å². The molecule has 2 unspecified atom stereocenters. The van der Waals surface area contributed by atoms with Crippen LogP contribution in [0.4, 0.5) is 0 Å². The minimum absolute atomic E-state index is 0.0136. The maximum Gasteiger partial charge on any atom is 0.237 e. The Morgan fingerprint density at radius 3 is 2.88 bits per heavy atom. The van der Waals surface area contributed by atoms with Gasteiger partial charge in [0.2, 0.25) is 5.91 Å². The van der Waals surface area contributed by atoms with Crippen LogP contribution in [0, 0.1) is 5.92 Å². The Bertz CT molecular complexity index is 254. The molecule has 2 fully saturated rings. The van der Waals surface area contributed by atoms with E-state index >= 15 is 0 Å². The third kappa shape index (κ3) is 3.66. The number of morpholine rings is 1. The third-order valence-electron chi connectivity index (χ3n) is 3.65. The molecule has 2 aliphatic heterocycles. The Hall–Kier alpha value is -0.650. The highest BCUT2D eigenvalue weighted by molar-refractivity contribution is 5.82. The van der Waals surface area contributed by atoms with Gasteiger partial charge in [-0.25, -0.2) is 0 Å². The molecule has 2 heterocycles. The van der Waals surface area contributed by atoms with Gasteiger partial charge in [0.05, 0.1) is 19.3 Å². The summed E-state index contributed by atoms with van der Waals surface area (Å²) < 4.78 is 5.28. The molecule has 0 spiro atoms. The SMILES string of the molecule is CC1CCNC1C(=O)NCCN1CCOCC1. The Balaban J connectivity index is 1.62. The molecule has 2 rings (SSSR count). The summed E-state index contributed by atoms with van der Waals surface area (Å²) in [5.74, 6) is 0.613. The molecule has 0 bridgehead atoms. The lowest BCUT2D eigenvalue weighted by atomic mass is 10.0. The normalized spacial score (nSPS) is 30.4. The van der Waals surface area contributed by atoms with Crippen LogP contribution in [0.25, 0.3) is 0 Å². The van der Waals surface area contributed by atoms with Crippen LogP contribution >= 0.6 is 0 Å². The quantitative estimate of drug-likeness (QED) is 0.692. The number of carbonyl (C=O) groups excluding carboxylic acids is 1. The minimum Gasteiger partial charge on any atom is -0.379 e. The van der Waals surface area contributed by atoms with Crippen LogP contribution in [0.15, 0.2) is 0 Å². The van der Waals surface area contributed by atoms with Crippen molar-refractivity contribution in [2.45, 2.75) is 19.4 Å². The van der Waals surface area contributed by atoms with Gasteiger partial charge >= 0.3 is 0 Å². The van der Waals surface area contributed by atoms with E-state index < -0.39 is 0 Å². The molecule has 0 aliphatic carbocycles. The van der Waals surface area contributed by atoms with Gasteiger partial charge in [-0.05, 0) is 18.9 Å². The van der Waals surface area contributed by atoms with Gasteiger partial charge in [0.25, 0.3) is 0 Å². The number of carbonyl (C=O) groups is 1. The molecule has 17 heavy (non-hydrogen) atoms. The Kier molecular flexibility index (Phi) is 4.76. The standard InChI is InChI=1S/C12H23N3O2/c1-10-2-3-13-11(10)12(16)14-4-5-15-6-8-17-9-7-15/h10-11,13H,2-9H2,1H3,(H,14,16). The number of hydrogen-bond donors (Lipinski definition) is 2. The molecule has 5 nitrogen and oxygen atoms in total. The highest BCUT2D eigenvalue weighted by Crippen LogP contribution is 2.13. The van der Waals surface area contributed by atoms with E-state index in [2.05, 4.69) is 22.5 Å². The second kappa shape index (κ2) is 6.33. The van der Waals surface area contributed by atoms with Crippen LogP contribution in [0.3, 0.4) is 0 Å². The topological polar surface area (TPSA) is 53.6 Å². The summed E-state index contributed by atoms with van der Waals surface area (Å²) >= 11 is 0. The Labute approximate surface area is 103 Å². The number of amides is 1. The van der Waals surface area contributed by atoms with Crippen molar-refractivity contribution in [2.75, 3.05) is 45.9 Å². The van der Waals surface area contributed by atoms with Crippen molar-refractivity contribution < 1.29 is 9.53 Å². The summed E-state index contributed by atoms with van der Waals surface area (Å²) in [7, 11) is 0. The van der Waals surface area contributed by atoms with Crippen molar-refractivity contribution in [3.8, 4) is 0 Å². The van der Waals surface area contributed by atoms with E-state index in [-0.39, 0.29) is 11.9 Å². The molecule has 5 heteroatoms. The van der Waals surface area contributed by atoms with Gasteiger partial charge in [0.15, 0.2) is 0 Å². The smallest absolute Gasteiger partial charge is 0.237 e. The summed E-state index contributed by atoms with van der Waals surface area (Å²) in [6.07, 6.45) is 1.10. The van der Waals surface area contributed by atoms with Crippen LogP contribution in [0.2, 0.25) is 0 Å². The average Bonchev–Trinajstić information content (AvgIpc) is 2.77. The molecular formula is C12H23N3O2. The first-order chi connectivity index (χ1) is 8.27. The first-order valence-corrected chi connectivity index (χ1v) is 6.58. The summed E-state index contributed by atoms with van der Waals surface area (Å²) in [6.45, 7) is 8.35. The fourth-order valence-electron chi connectivity index (χ4n) is 2.46. The lowest BCUT2D eigenvalue weighted by Crippen LogP contribution is -2.46. The van der Waals surface area contributed by atoms with Gasteiger partial charge in [-0.3, -0.25) is 9.69 Å². The van der Waals surface area contributed by atoms with E-state index in [1.54, 1.807) is 0 Å². The van der Waals surface area contributed by atoms with Crippen LogP contribution < -0.4 is 10.6 Å². The monoisotopic (exact) mass is 241 g/mol. The zero-order valence-electron chi connectivity index (χ0n) is 10.6. The van der Waals surface area contributed by atoms with Crippen molar-refractivity contribution in [3.63, 3.8) is 0 Å². The molecule has 0 aromatic rings.